The quantitative estimate of drug-likeness (QED) is 0.606. The maximum atomic E-state index is 12.9. The van der Waals surface area contributed by atoms with E-state index in [0.29, 0.717) is 30.1 Å². The third-order valence-electron chi connectivity index (χ3n) is 6.69. The molecule has 0 spiro atoms. The molecule has 4 rings (SSSR count). The predicted molar refractivity (Wildman–Crippen MR) is 119 cm³/mol. The highest BCUT2D eigenvalue weighted by Crippen LogP contribution is 2.35. The molecule has 6 heteroatoms. The number of rotatable bonds is 6. The molecule has 1 saturated carbocycles. The van der Waals surface area contributed by atoms with Gasteiger partial charge < -0.3 is 18.9 Å². The van der Waals surface area contributed by atoms with Crippen LogP contribution >= 0.6 is 0 Å². The summed E-state index contributed by atoms with van der Waals surface area (Å²) >= 11 is 0. The third kappa shape index (κ3) is 4.78. The summed E-state index contributed by atoms with van der Waals surface area (Å²) in [6.45, 7) is 5.01. The van der Waals surface area contributed by atoms with E-state index in [1.54, 1.807) is 13.2 Å². The van der Waals surface area contributed by atoms with E-state index in [0.717, 1.165) is 42.0 Å². The zero-order valence-electron chi connectivity index (χ0n) is 18.7. The van der Waals surface area contributed by atoms with Gasteiger partial charge in [0.15, 0.2) is 11.5 Å². The Morgan fingerprint density at radius 3 is 2.77 bits per heavy atom. The van der Waals surface area contributed by atoms with Gasteiger partial charge in [-0.3, -0.25) is 4.79 Å². The first-order chi connectivity index (χ1) is 15.1. The summed E-state index contributed by atoms with van der Waals surface area (Å²) in [5, 5.41) is 3.96. The first kappa shape index (κ1) is 21.5. The molecular formula is C25H32N2O4. The van der Waals surface area contributed by atoms with Crippen molar-refractivity contribution in [3.63, 3.8) is 0 Å². The second kappa shape index (κ2) is 9.58. The molecule has 0 radical (unpaired) electrons. The average molecular weight is 425 g/mol. The Balaban J connectivity index is 1.42. The molecule has 166 valence electrons. The minimum atomic E-state index is 0.120. The number of hydrogen-bond donors (Lipinski definition) is 0. The van der Waals surface area contributed by atoms with Gasteiger partial charge in [0.2, 0.25) is 5.91 Å². The van der Waals surface area contributed by atoms with Crippen molar-refractivity contribution in [2.45, 2.75) is 65.0 Å². The molecule has 1 aromatic carbocycles. The van der Waals surface area contributed by atoms with Gasteiger partial charge in [-0.2, -0.15) is 0 Å². The van der Waals surface area contributed by atoms with Crippen LogP contribution < -0.4 is 9.47 Å². The topological polar surface area (TPSA) is 64.8 Å². The van der Waals surface area contributed by atoms with Crippen LogP contribution in [-0.4, -0.2) is 35.7 Å². The van der Waals surface area contributed by atoms with Crippen LogP contribution in [0.3, 0.4) is 0 Å². The van der Waals surface area contributed by atoms with Crippen molar-refractivity contribution in [1.29, 1.82) is 0 Å². The van der Waals surface area contributed by atoms with Gasteiger partial charge in [-0.15, -0.1) is 0 Å². The van der Waals surface area contributed by atoms with Gasteiger partial charge >= 0.3 is 0 Å². The molecule has 1 aliphatic carbocycles. The summed E-state index contributed by atoms with van der Waals surface area (Å²) in [4.78, 5) is 15.0. The molecule has 0 bridgehead atoms. The molecule has 2 aromatic rings. The number of nitrogens with zero attached hydrogens (tertiary/aromatic N) is 2. The summed E-state index contributed by atoms with van der Waals surface area (Å²) in [5.74, 6) is 2.84. The zero-order valence-corrected chi connectivity index (χ0v) is 18.7. The number of hydrogen-bond acceptors (Lipinski definition) is 5. The van der Waals surface area contributed by atoms with E-state index >= 15 is 0 Å². The van der Waals surface area contributed by atoms with Gasteiger partial charge in [0, 0.05) is 18.7 Å². The van der Waals surface area contributed by atoms with Gasteiger partial charge in [0.05, 0.1) is 18.4 Å². The second-order valence-corrected chi connectivity index (χ2v) is 8.62. The number of amides is 1. The van der Waals surface area contributed by atoms with E-state index in [9.17, 15) is 4.79 Å². The van der Waals surface area contributed by atoms with Gasteiger partial charge in [0.1, 0.15) is 12.4 Å². The van der Waals surface area contributed by atoms with Gasteiger partial charge in [-0.05, 0) is 69.2 Å². The van der Waals surface area contributed by atoms with Crippen LogP contribution in [-0.2, 0) is 11.4 Å². The van der Waals surface area contributed by atoms with E-state index < -0.39 is 0 Å². The van der Waals surface area contributed by atoms with Gasteiger partial charge in [-0.25, -0.2) is 0 Å². The Kier molecular flexibility index (Phi) is 6.64. The van der Waals surface area contributed by atoms with Crippen LogP contribution in [0.2, 0.25) is 0 Å². The minimum Gasteiger partial charge on any atom is -0.493 e. The van der Waals surface area contributed by atoms with Crippen LogP contribution in [0, 0.1) is 19.8 Å². The first-order valence-electron chi connectivity index (χ1n) is 11.3. The molecule has 0 N–H and O–H groups in total. The van der Waals surface area contributed by atoms with Crippen LogP contribution in [0.5, 0.6) is 11.5 Å². The molecule has 31 heavy (non-hydrogen) atoms. The lowest BCUT2D eigenvalue weighted by Gasteiger charge is -2.43. The van der Waals surface area contributed by atoms with Crippen molar-refractivity contribution in [2.75, 3.05) is 13.7 Å². The van der Waals surface area contributed by atoms with Crippen molar-refractivity contribution >= 4 is 12.0 Å². The molecule has 2 heterocycles. The van der Waals surface area contributed by atoms with E-state index in [1.165, 1.54) is 25.7 Å². The Morgan fingerprint density at radius 2 is 2.00 bits per heavy atom. The molecule has 1 aromatic heterocycles. The number of aryl methyl sites for hydroxylation is 2. The van der Waals surface area contributed by atoms with Crippen LogP contribution in [0.4, 0.5) is 0 Å². The van der Waals surface area contributed by atoms with E-state index in [-0.39, 0.29) is 5.91 Å². The number of methoxy groups -OCH3 is 1. The van der Waals surface area contributed by atoms with E-state index in [1.807, 2.05) is 38.1 Å². The largest absolute Gasteiger partial charge is 0.493 e. The highest BCUT2D eigenvalue weighted by Gasteiger charge is 2.34. The Bertz CT molecular complexity index is 927. The van der Waals surface area contributed by atoms with Crippen molar-refractivity contribution in [2.24, 2.45) is 5.92 Å². The SMILES string of the molecule is COc1cc(/C=C/C(=O)N2CCC[C@H]3CCCC[C@H]32)ccc1OCc1c(C)noc1C. The molecule has 1 saturated heterocycles. The smallest absolute Gasteiger partial charge is 0.246 e. The maximum absolute atomic E-state index is 12.9. The average Bonchev–Trinajstić information content (AvgIpc) is 3.12. The first-order valence-corrected chi connectivity index (χ1v) is 11.3. The fourth-order valence-electron chi connectivity index (χ4n) is 4.93. The molecule has 1 amide bonds. The summed E-state index contributed by atoms with van der Waals surface area (Å²) < 4.78 is 16.7. The van der Waals surface area contributed by atoms with Gasteiger partial charge in [0.25, 0.3) is 0 Å². The molecule has 2 atom stereocenters. The normalized spacial score (nSPS) is 21.2. The molecule has 6 nitrogen and oxygen atoms in total. The molecule has 2 fully saturated rings. The summed E-state index contributed by atoms with van der Waals surface area (Å²) in [6, 6.07) is 6.13. The number of fused-ring (bicyclic) bond motifs is 1. The van der Waals surface area contributed by atoms with E-state index in [2.05, 4.69) is 10.1 Å². The van der Waals surface area contributed by atoms with Crippen molar-refractivity contribution in [1.82, 2.24) is 10.1 Å². The highest BCUT2D eigenvalue weighted by molar-refractivity contribution is 5.92. The van der Waals surface area contributed by atoms with Crippen LogP contribution in [0.1, 0.15) is 61.1 Å². The molecule has 2 aliphatic rings. The number of piperidine rings is 1. The summed E-state index contributed by atoms with van der Waals surface area (Å²) in [6.07, 6.45) is 10.9. The summed E-state index contributed by atoms with van der Waals surface area (Å²) in [7, 11) is 1.62. The molecule has 1 aliphatic heterocycles. The fourth-order valence-corrected chi connectivity index (χ4v) is 4.93. The number of aromatic nitrogens is 1. The summed E-state index contributed by atoms with van der Waals surface area (Å²) in [5.41, 5.74) is 2.68. The number of carbonyl (C=O) groups excluding carboxylic acids is 1. The van der Waals surface area contributed by atoms with Crippen molar-refractivity contribution in [3.8, 4) is 11.5 Å². The Labute approximate surface area is 184 Å². The van der Waals surface area contributed by atoms with E-state index in [4.69, 9.17) is 14.0 Å². The molecular weight excluding hydrogens is 392 g/mol. The Morgan fingerprint density at radius 1 is 1.19 bits per heavy atom. The zero-order chi connectivity index (χ0) is 21.8. The van der Waals surface area contributed by atoms with Crippen LogP contribution in [0.25, 0.3) is 6.08 Å². The predicted octanol–water partition coefficient (Wildman–Crippen LogP) is 5.07. The number of carbonyl (C=O) groups is 1. The number of ether oxygens (including phenoxy) is 2. The third-order valence-corrected chi connectivity index (χ3v) is 6.69. The van der Waals surface area contributed by atoms with Crippen molar-refractivity contribution < 1.29 is 18.8 Å². The standard InChI is InChI=1S/C25H32N2O4/c1-17-21(18(2)31-26-17)16-30-23-12-10-19(15-24(23)29-3)11-13-25(28)27-14-6-8-20-7-4-5-9-22(20)27/h10-13,15,20,22H,4-9,14,16H2,1-3H3/b13-11+/t20-,22-/m1/s1. The second-order valence-electron chi connectivity index (χ2n) is 8.62. The van der Waals surface area contributed by atoms with Gasteiger partial charge in [-0.1, -0.05) is 24.1 Å². The van der Waals surface area contributed by atoms with Crippen molar-refractivity contribution in [3.05, 3.63) is 46.9 Å². The lowest BCUT2D eigenvalue weighted by Crippen LogP contribution is -2.49. The maximum Gasteiger partial charge on any atom is 0.246 e. The number of likely N-dealkylation sites (tertiary alicyclic amines) is 1. The lowest BCUT2D eigenvalue weighted by atomic mass is 9.78. The van der Waals surface area contributed by atoms with Crippen LogP contribution in [0.15, 0.2) is 28.8 Å². The fraction of sp³-hybridized carbons (Fsp3) is 0.520. The Hall–Kier alpha value is -2.76. The number of benzene rings is 1. The molecule has 0 unspecified atom stereocenters. The highest BCUT2D eigenvalue weighted by atomic mass is 16.5. The minimum absolute atomic E-state index is 0.120. The lowest BCUT2D eigenvalue weighted by molar-refractivity contribution is -0.132. The monoisotopic (exact) mass is 424 g/mol.